The Kier molecular flexibility index (Phi) is 8.67. The van der Waals surface area contributed by atoms with Crippen LogP contribution in [0.2, 0.25) is 0 Å². The van der Waals surface area contributed by atoms with Crippen LogP contribution in [0.15, 0.2) is 12.2 Å². The standard InChI is InChI=1S/C43H71N3O3/c1-11-45-22-24-46(25-23-45)36(48)30-26-33(38(30,4)5)44-37(49)43-19-14-28(27(2)3)35(43)29-12-13-32-40(8)17-16-34(47)39(6,7)31(40)15-18-42(32,10)41(29,9)20-21-43/h28-35,47H,2,11-26H2,1,3-10H3,(H,44,49)/t28-,29+,30+,31-,32+,33+,34-,35+,40-,41+,42+,43-/m0/s1. The molecule has 0 spiro atoms. The maximum atomic E-state index is 14.9. The van der Waals surface area contributed by atoms with E-state index in [1.807, 2.05) is 0 Å². The summed E-state index contributed by atoms with van der Waals surface area (Å²) >= 11 is 0. The van der Waals surface area contributed by atoms with E-state index >= 15 is 0 Å². The summed E-state index contributed by atoms with van der Waals surface area (Å²) in [6.07, 6.45) is 11.7. The van der Waals surface area contributed by atoms with Crippen LogP contribution in [0.5, 0.6) is 0 Å². The summed E-state index contributed by atoms with van der Waals surface area (Å²) in [5.41, 5.74) is 1.33. The molecule has 2 amide bonds. The van der Waals surface area contributed by atoms with Crippen molar-refractivity contribution >= 4 is 11.8 Å². The van der Waals surface area contributed by atoms with Crippen molar-refractivity contribution in [1.29, 1.82) is 0 Å². The smallest absolute Gasteiger partial charge is 0.226 e. The molecule has 0 unspecified atom stereocenters. The number of fused-ring (bicyclic) bond motifs is 7. The second kappa shape index (κ2) is 11.8. The van der Waals surface area contributed by atoms with Crippen LogP contribution in [-0.4, -0.2) is 71.6 Å². The number of amides is 2. The first-order valence-corrected chi connectivity index (χ1v) is 20.5. The van der Waals surface area contributed by atoms with E-state index in [9.17, 15) is 14.7 Å². The summed E-state index contributed by atoms with van der Waals surface area (Å²) in [6, 6.07) is 0.0478. The Morgan fingerprint density at radius 2 is 1.49 bits per heavy atom. The van der Waals surface area contributed by atoms with Gasteiger partial charge in [0.1, 0.15) is 0 Å². The SMILES string of the molecule is C=C(C)[C@@H]1CC[C@]2(C(=O)N[C@@H]3C[C@H](C(=O)N4CCN(CC)CC4)C3(C)C)CC[C@]3(C)[C@H](CC[C@@H]4[C@@]5(C)CC[C@H](O)C(C)(C)[C@@H]5CC[C@]43C)[C@@H]12. The number of hydrogen-bond donors (Lipinski definition) is 2. The minimum Gasteiger partial charge on any atom is -0.393 e. The van der Waals surface area contributed by atoms with Crippen LogP contribution in [0.1, 0.15) is 133 Å². The van der Waals surface area contributed by atoms with Crippen molar-refractivity contribution in [3.05, 3.63) is 12.2 Å². The lowest BCUT2D eigenvalue weighted by molar-refractivity contribution is -0.246. The number of nitrogens with one attached hydrogen (secondary N) is 1. The van der Waals surface area contributed by atoms with Gasteiger partial charge in [0.2, 0.25) is 11.8 Å². The number of hydrogen-bond acceptors (Lipinski definition) is 4. The molecule has 1 heterocycles. The lowest BCUT2D eigenvalue weighted by atomic mass is 9.32. The third-order valence-corrected chi connectivity index (χ3v) is 18.5. The molecule has 276 valence electrons. The molecule has 7 fully saturated rings. The molecular formula is C43H71N3O3. The topological polar surface area (TPSA) is 72.9 Å². The van der Waals surface area contributed by atoms with Crippen molar-refractivity contribution in [3.8, 4) is 0 Å². The summed E-state index contributed by atoms with van der Waals surface area (Å²) < 4.78 is 0. The van der Waals surface area contributed by atoms with E-state index in [2.05, 4.69) is 84.0 Å². The normalized spacial score (nSPS) is 48.7. The molecule has 12 atom stereocenters. The Morgan fingerprint density at radius 3 is 2.12 bits per heavy atom. The van der Waals surface area contributed by atoms with Crippen molar-refractivity contribution in [2.45, 2.75) is 145 Å². The fourth-order valence-corrected chi connectivity index (χ4v) is 14.9. The van der Waals surface area contributed by atoms with Gasteiger partial charge in [0.15, 0.2) is 0 Å². The molecule has 6 nitrogen and oxygen atoms in total. The molecule has 2 N–H and O–H groups in total. The number of rotatable bonds is 5. The van der Waals surface area contributed by atoms with E-state index in [0.717, 1.165) is 77.7 Å². The monoisotopic (exact) mass is 678 g/mol. The van der Waals surface area contributed by atoms with Gasteiger partial charge in [-0.05, 0) is 141 Å². The van der Waals surface area contributed by atoms with Gasteiger partial charge in [-0.1, -0.05) is 67.5 Å². The Balaban J connectivity index is 1.12. The van der Waals surface area contributed by atoms with Crippen LogP contribution in [-0.2, 0) is 9.59 Å². The fraction of sp³-hybridized carbons (Fsp3) is 0.907. The van der Waals surface area contributed by atoms with Crippen molar-refractivity contribution < 1.29 is 14.7 Å². The highest BCUT2D eigenvalue weighted by Gasteiger charge is 2.72. The summed E-state index contributed by atoms with van der Waals surface area (Å²) in [4.78, 5) is 33.1. The molecule has 6 heteroatoms. The molecule has 6 aliphatic carbocycles. The minimum atomic E-state index is -0.337. The van der Waals surface area contributed by atoms with E-state index in [1.165, 1.54) is 31.3 Å². The van der Waals surface area contributed by atoms with E-state index in [1.54, 1.807) is 0 Å². The Morgan fingerprint density at radius 1 is 0.796 bits per heavy atom. The third-order valence-electron chi connectivity index (χ3n) is 18.5. The van der Waals surface area contributed by atoms with Crippen LogP contribution in [0.25, 0.3) is 0 Å². The highest BCUT2D eigenvalue weighted by Crippen LogP contribution is 2.77. The zero-order valence-electron chi connectivity index (χ0n) is 32.8. The summed E-state index contributed by atoms with van der Waals surface area (Å²) in [5, 5.41) is 14.8. The van der Waals surface area contributed by atoms with Gasteiger partial charge in [-0.2, -0.15) is 0 Å². The van der Waals surface area contributed by atoms with Crippen molar-refractivity contribution in [2.75, 3.05) is 32.7 Å². The molecular weight excluding hydrogens is 606 g/mol. The number of carbonyl (C=O) groups excluding carboxylic acids is 2. The zero-order valence-corrected chi connectivity index (χ0v) is 32.8. The first-order valence-electron chi connectivity index (χ1n) is 20.5. The zero-order chi connectivity index (χ0) is 35.5. The molecule has 0 bridgehead atoms. The first-order chi connectivity index (χ1) is 22.9. The highest BCUT2D eigenvalue weighted by atomic mass is 16.3. The molecule has 0 radical (unpaired) electrons. The molecule has 1 aliphatic heterocycles. The van der Waals surface area contributed by atoms with Crippen LogP contribution in [0.3, 0.4) is 0 Å². The van der Waals surface area contributed by atoms with Crippen molar-refractivity contribution in [3.63, 3.8) is 0 Å². The molecule has 49 heavy (non-hydrogen) atoms. The highest BCUT2D eigenvalue weighted by molar-refractivity contribution is 5.86. The van der Waals surface area contributed by atoms with Gasteiger partial charge in [-0.25, -0.2) is 0 Å². The lowest BCUT2D eigenvalue weighted by Gasteiger charge is -2.72. The number of allylic oxidation sites excluding steroid dienone is 1. The fourth-order valence-electron chi connectivity index (χ4n) is 14.9. The average Bonchev–Trinajstić information content (AvgIpc) is 3.46. The lowest BCUT2D eigenvalue weighted by Crippen LogP contribution is -2.68. The maximum Gasteiger partial charge on any atom is 0.226 e. The number of aliphatic hydroxyl groups excluding tert-OH is 1. The number of carbonyl (C=O) groups is 2. The van der Waals surface area contributed by atoms with Gasteiger partial charge in [-0.15, -0.1) is 0 Å². The largest absolute Gasteiger partial charge is 0.393 e. The predicted octanol–water partition coefficient (Wildman–Crippen LogP) is 7.70. The predicted molar refractivity (Wildman–Crippen MR) is 197 cm³/mol. The second-order valence-corrected chi connectivity index (χ2v) is 20.6. The Labute approximate surface area is 299 Å². The van der Waals surface area contributed by atoms with Crippen LogP contribution < -0.4 is 5.32 Å². The van der Waals surface area contributed by atoms with Crippen LogP contribution in [0.4, 0.5) is 0 Å². The van der Waals surface area contributed by atoms with E-state index in [0.29, 0.717) is 35.5 Å². The van der Waals surface area contributed by atoms with Gasteiger partial charge in [0, 0.05) is 38.1 Å². The summed E-state index contributed by atoms with van der Waals surface area (Å²) in [5.74, 6) is 3.05. The maximum absolute atomic E-state index is 14.9. The van der Waals surface area contributed by atoms with E-state index in [-0.39, 0.29) is 56.5 Å². The molecule has 6 saturated carbocycles. The van der Waals surface area contributed by atoms with Gasteiger partial charge < -0.3 is 20.2 Å². The molecule has 0 aromatic rings. The van der Waals surface area contributed by atoms with Gasteiger partial charge in [-0.3, -0.25) is 9.59 Å². The van der Waals surface area contributed by atoms with E-state index in [4.69, 9.17) is 0 Å². The number of nitrogens with zero attached hydrogens (tertiary/aromatic N) is 2. The Hall–Kier alpha value is -1.40. The van der Waals surface area contributed by atoms with Crippen molar-refractivity contribution in [2.24, 2.45) is 68.0 Å². The van der Waals surface area contributed by atoms with Gasteiger partial charge in [0.05, 0.1) is 11.5 Å². The van der Waals surface area contributed by atoms with Gasteiger partial charge >= 0.3 is 0 Å². The minimum absolute atomic E-state index is 0.0155. The van der Waals surface area contributed by atoms with Gasteiger partial charge in [0.25, 0.3) is 0 Å². The summed E-state index contributed by atoms with van der Waals surface area (Å²) in [6.45, 7) is 30.6. The molecule has 0 aromatic heterocycles. The third kappa shape index (κ3) is 4.90. The quantitative estimate of drug-likeness (QED) is 0.293. The number of aliphatic hydroxyl groups is 1. The van der Waals surface area contributed by atoms with E-state index < -0.39 is 0 Å². The number of likely N-dealkylation sites (N-methyl/N-ethyl adjacent to an activating group) is 1. The van der Waals surface area contributed by atoms with Crippen molar-refractivity contribution in [1.82, 2.24) is 15.1 Å². The molecule has 7 aliphatic rings. The molecule has 7 rings (SSSR count). The average molecular weight is 678 g/mol. The molecule has 1 saturated heterocycles. The van der Waals surface area contributed by atoms with Crippen LogP contribution >= 0.6 is 0 Å². The summed E-state index contributed by atoms with van der Waals surface area (Å²) in [7, 11) is 0. The molecule has 0 aromatic carbocycles. The number of piperazine rings is 1. The second-order valence-electron chi connectivity index (χ2n) is 20.6. The first kappa shape index (κ1) is 36.0. The van der Waals surface area contributed by atoms with Crippen LogP contribution in [0, 0.1) is 68.0 Å². The Bertz CT molecular complexity index is 1350.